The van der Waals surface area contributed by atoms with Crippen LogP contribution in [-0.4, -0.2) is 53.3 Å². The number of benzene rings is 2. The standard InChI is InChI=1S/C21H24BrN3O6S/c1-21(2)20(26)23-15-11-16(25-6-8-30-9-7-25)14(12-18(15)31-21)24-32(27,28)19-10-13(22)4-5-17(19)29-3/h4-5,10-12,24H,6-9H2,1-3H3,(H,23,26). The molecule has 0 atom stereocenters. The van der Waals surface area contributed by atoms with Crippen LogP contribution in [0.1, 0.15) is 13.8 Å². The highest BCUT2D eigenvalue weighted by atomic mass is 79.9. The number of halogens is 1. The normalized spacial score (nSPS) is 17.8. The summed E-state index contributed by atoms with van der Waals surface area (Å²) < 4.78 is 46.6. The molecule has 0 unspecified atom stereocenters. The van der Waals surface area contributed by atoms with Gasteiger partial charge >= 0.3 is 0 Å². The third-order valence-electron chi connectivity index (χ3n) is 5.27. The smallest absolute Gasteiger partial charge is 0.268 e. The molecule has 0 saturated carbocycles. The largest absolute Gasteiger partial charge is 0.495 e. The fraction of sp³-hybridized carbons (Fsp3) is 0.381. The molecule has 0 spiro atoms. The van der Waals surface area contributed by atoms with Crippen molar-refractivity contribution in [2.24, 2.45) is 0 Å². The number of carbonyl (C=O) groups is 1. The van der Waals surface area contributed by atoms with Gasteiger partial charge in [-0.2, -0.15) is 0 Å². The van der Waals surface area contributed by atoms with Crippen LogP contribution in [0, 0.1) is 0 Å². The summed E-state index contributed by atoms with van der Waals surface area (Å²) in [6, 6.07) is 8.09. The number of ether oxygens (including phenoxy) is 3. The van der Waals surface area contributed by atoms with E-state index >= 15 is 0 Å². The minimum absolute atomic E-state index is 0.00502. The average molecular weight is 526 g/mol. The summed E-state index contributed by atoms with van der Waals surface area (Å²) in [5.41, 5.74) is 0.351. The van der Waals surface area contributed by atoms with Crippen molar-refractivity contribution in [1.29, 1.82) is 0 Å². The number of hydrogen-bond acceptors (Lipinski definition) is 7. The first-order valence-corrected chi connectivity index (χ1v) is 12.3. The molecule has 1 saturated heterocycles. The summed E-state index contributed by atoms with van der Waals surface area (Å²) >= 11 is 3.32. The molecule has 0 aromatic heterocycles. The molecule has 1 amide bonds. The Morgan fingerprint density at radius 3 is 2.59 bits per heavy atom. The number of nitrogens with zero attached hydrogens (tertiary/aromatic N) is 1. The zero-order chi connectivity index (χ0) is 23.1. The third-order valence-corrected chi connectivity index (χ3v) is 7.15. The van der Waals surface area contributed by atoms with Crippen molar-refractivity contribution in [3.63, 3.8) is 0 Å². The second kappa shape index (κ2) is 8.45. The topological polar surface area (TPSA) is 106 Å². The Hall–Kier alpha value is -2.50. The van der Waals surface area contributed by atoms with Crippen LogP contribution < -0.4 is 24.4 Å². The van der Waals surface area contributed by atoms with E-state index in [1.807, 2.05) is 4.90 Å². The maximum Gasteiger partial charge on any atom is 0.268 e. The SMILES string of the molecule is COc1ccc(Br)cc1S(=O)(=O)Nc1cc2c(cc1N1CCOCC1)NC(=O)C(C)(C)O2. The number of hydrogen-bond donors (Lipinski definition) is 2. The van der Waals surface area contributed by atoms with E-state index in [0.29, 0.717) is 53.6 Å². The molecule has 32 heavy (non-hydrogen) atoms. The molecule has 1 fully saturated rings. The molecule has 0 aliphatic carbocycles. The first kappa shape index (κ1) is 22.7. The Kier molecular flexibility index (Phi) is 5.99. The van der Waals surface area contributed by atoms with Crippen LogP contribution in [0.3, 0.4) is 0 Å². The van der Waals surface area contributed by atoms with Crippen molar-refractivity contribution in [3.8, 4) is 11.5 Å². The summed E-state index contributed by atoms with van der Waals surface area (Å²) in [4.78, 5) is 14.4. The van der Waals surface area contributed by atoms with Crippen LogP contribution in [0.4, 0.5) is 17.1 Å². The number of carbonyl (C=O) groups excluding carboxylic acids is 1. The summed E-state index contributed by atoms with van der Waals surface area (Å²) in [6.07, 6.45) is 0. The van der Waals surface area contributed by atoms with Gasteiger partial charge in [-0.3, -0.25) is 9.52 Å². The molecule has 2 heterocycles. The predicted octanol–water partition coefficient (Wildman–Crippen LogP) is 3.20. The lowest BCUT2D eigenvalue weighted by Crippen LogP contribution is -2.46. The Labute approximate surface area is 195 Å². The van der Waals surface area contributed by atoms with E-state index < -0.39 is 15.6 Å². The van der Waals surface area contributed by atoms with E-state index in [4.69, 9.17) is 14.2 Å². The molecule has 2 aliphatic heterocycles. The highest BCUT2D eigenvalue weighted by molar-refractivity contribution is 9.10. The van der Waals surface area contributed by atoms with Gasteiger partial charge in [0.1, 0.15) is 16.4 Å². The lowest BCUT2D eigenvalue weighted by Gasteiger charge is -2.35. The van der Waals surface area contributed by atoms with Crippen molar-refractivity contribution >= 4 is 48.9 Å². The minimum Gasteiger partial charge on any atom is -0.495 e. The quantitative estimate of drug-likeness (QED) is 0.617. The molecule has 2 aromatic rings. The number of methoxy groups -OCH3 is 1. The van der Waals surface area contributed by atoms with E-state index in [-0.39, 0.29) is 16.6 Å². The maximum atomic E-state index is 13.4. The van der Waals surface area contributed by atoms with Crippen LogP contribution in [0.25, 0.3) is 0 Å². The van der Waals surface area contributed by atoms with E-state index in [2.05, 4.69) is 26.0 Å². The Balaban J connectivity index is 1.80. The summed E-state index contributed by atoms with van der Waals surface area (Å²) in [7, 11) is -2.60. The van der Waals surface area contributed by atoms with Gasteiger partial charge in [0.15, 0.2) is 5.60 Å². The van der Waals surface area contributed by atoms with Gasteiger partial charge in [0.2, 0.25) is 0 Å². The number of fused-ring (bicyclic) bond motifs is 1. The molecule has 0 bridgehead atoms. The van der Waals surface area contributed by atoms with Crippen molar-refractivity contribution in [2.75, 3.05) is 48.4 Å². The van der Waals surface area contributed by atoms with E-state index in [0.717, 1.165) is 0 Å². The maximum absolute atomic E-state index is 13.4. The molecule has 11 heteroatoms. The first-order chi connectivity index (χ1) is 15.1. The first-order valence-electron chi connectivity index (χ1n) is 9.98. The molecule has 9 nitrogen and oxygen atoms in total. The molecule has 0 radical (unpaired) electrons. The van der Waals surface area contributed by atoms with Gasteiger partial charge in [0.25, 0.3) is 15.9 Å². The van der Waals surface area contributed by atoms with Crippen LogP contribution in [0.2, 0.25) is 0 Å². The Bertz CT molecular complexity index is 1160. The zero-order valence-electron chi connectivity index (χ0n) is 17.9. The Morgan fingerprint density at radius 2 is 1.91 bits per heavy atom. The van der Waals surface area contributed by atoms with Gasteiger partial charge in [-0.05, 0) is 38.1 Å². The zero-order valence-corrected chi connectivity index (χ0v) is 20.3. The molecular weight excluding hydrogens is 502 g/mol. The fourth-order valence-corrected chi connectivity index (χ4v) is 5.33. The molecule has 2 aromatic carbocycles. The second-order valence-corrected chi connectivity index (χ2v) is 10.5. The number of sulfonamides is 1. The van der Waals surface area contributed by atoms with Crippen LogP contribution in [-0.2, 0) is 19.6 Å². The second-order valence-electron chi connectivity index (χ2n) is 7.93. The van der Waals surface area contributed by atoms with Gasteiger partial charge in [-0.25, -0.2) is 8.42 Å². The summed E-state index contributed by atoms with van der Waals surface area (Å²) in [5.74, 6) is 0.326. The molecule has 172 valence electrons. The van der Waals surface area contributed by atoms with Gasteiger partial charge in [0.05, 0.1) is 37.4 Å². The summed E-state index contributed by atoms with van der Waals surface area (Å²) in [5, 5.41) is 2.85. The van der Waals surface area contributed by atoms with Crippen molar-refractivity contribution in [2.45, 2.75) is 24.3 Å². The molecule has 2 N–H and O–H groups in total. The highest BCUT2D eigenvalue weighted by Gasteiger charge is 2.36. The number of rotatable bonds is 5. The fourth-order valence-electron chi connectivity index (χ4n) is 3.55. The Morgan fingerprint density at radius 1 is 1.19 bits per heavy atom. The number of nitrogens with one attached hydrogen (secondary N) is 2. The predicted molar refractivity (Wildman–Crippen MR) is 124 cm³/mol. The van der Waals surface area contributed by atoms with Crippen LogP contribution in [0.5, 0.6) is 11.5 Å². The van der Waals surface area contributed by atoms with Crippen LogP contribution >= 0.6 is 15.9 Å². The van der Waals surface area contributed by atoms with Crippen molar-refractivity contribution in [3.05, 3.63) is 34.8 Å². The van der Waals surface area contributed by atoms with Gasteiger partial charge in [0, 0.05) is 23.6 Å². The van der Waals surface area contributed by atoms with E-state index in [9.17, 15) is 13.2 Å². The number of morpholine rings is 1. The highest BCUT2D eigenvalue weighted by Crippen LogP contribution is 2.42. The lowest BCUT2D eigenvalue weighted by molar-refractivity contribution is -0.129. The molecule has 2 aliphatic rings. The monoisotopic (exact) mass is 525 g/mol. The number of anilines is 3. The van der Waals surface area contributed by atoms with Gasteiger partial charge in [-0.15, -0.1) is 0 Å². The van der Waals surface area contributed by atoms with Crippen molar-refractivity contribution < 1.29 is 27.4 Å². The summed E-state index contributed by atoms with van der Waals surface area (Å²) in [6.45, 7) is 5.48. The molecular formula is C21H24BrN3O6S. The van der Waals surface area contributed by atoms with Crippen molar-refractivity contribution in [1.82, 2.24) is 0 Å². The average Bonchev–Trinajstić information content (AvgIpc) is 2.74. The minimum atomic E-state index is -4.01. The number of amides is 1. The lowest BCUT2D eigenvalue weighted by atomic mass is 10.1. The van der Waals surface area contributed by atoms with E-state index in [1.165, 1.54) is 13.2 Å². The van der Waals surface area contributed by atoms with Gasteiger partial charge < -0.3 is 24.4 Å². The van der Waals surface area contributed by atoms with Crippen LogP contribution in [0.15, 0.2) is 39.7 Å². The van der Waals surface area contributed by atoms with Gasteiger partial charge in [-0.1, -0.05) is 15.9 Å². The van der Waals surface area contributed by atoms with E-state index in [1.54, 1.807) is 38.1 Å². The third kappa shape index (κ3) is 4.37. The molecule has 4 rings (SSSR count).